The molecule has 30 heavy (non-hydrogen) atoms. The lowest BCUT2D eigenvalue weighted by atomic mass is 10.0. The van der Waals surface area contributed by atoms with E-state index in [0.717, 1.165) is 26.9 Å². The van der Waals surface area contributed by atoms with Crippen LogP contribution in [0.5, 0.6) is 0 Å². The number of imide groups is 1. The fourth-order valence-electron chi connectivity index (χ4n) is 3.42. The fourth-order valence-corrected chi connectivity index (χ4v) is 3.96. The molecule has 154 valence electrons. The number of pyridine rings is 1. The largest absolute Gasteiger partial charge is 0.446 e. The minimum absolute atomic E-state index is 0.0129. The number of hydrogen-bond acceptors (Lipinski definition) is 4. The van der Waals surface area contributed by atoms with Gasteiger partial charge < -0.3 is 4.90 Å². The Morgan fingerprint density at radius 3 is 2.47 bits per heavy atom. The molecule has 3 aromatic rings. The number of anilines is 1. The summed E-state index contributed by atoms with van der Waals surface area (Å²) < 4.78 is 37.5. The highest BCUT2D eigenvalue weighted by Crippen LogP contribution is 2.37. The predicted molar refractivity (Wildman–Crippen MR) is 108 cm³/mol. The van der Waals surface area contributed by atoms with Gasteiger partial charge in [-0.2, -0.15) is 13.2 Å². The van der Waals surface area contributed by atoms with E-state index in [1.165, 1.54) is 29.2 Å². The van der Waals surface area contributed by atoms with Gasteiger partial charge in [0.15, 0.2) is 0 Å². The van der Waals surface area contributed by atoms with E-state index >= 15 is 0 Å². The SMILES string of the molecule is Cc1cnc2ccccc2c1CN1CC(=O)N(c2ccc(SC(F)(F)F)cc2)C1=O. The van der Waals surface area contributed by atoms with Gasteiger partial charge in [-0.1, -0.05) is 18.2 Å². The monoisotopic (exact) mass is 431 g/mol. The van der Waals surface area contributed by atoms with Gasteiger partial charge in [-0.25, -0.2) is 9.69 Å². The lowest BCUT2D eigenvalue weighted by Gasteiger charge is -2.19. The number of aromatic nitrogens is 1. The molecule has 0 N–H and O–H groups in total. The molecule has 4 rings (SSSR count). The molecule has 9 heteroatoms. The van der Waals surface area contributed by atoms with E-state index in [4.69, 9.17) is 0 Å². The number of rotatable bonds is 4. The molecule has 0 atom stereocenters. The highest BCUT2D eigenvalue weighted by Gasteiger charge is 2.37. The fraction of sp³-hybridized carbons (Fsp3) is 0.190. The Labute approximate surface area is 174 Å². The molecule has 1 aromatic heterocycles. The third-order valence-corrected chi connectivity index (χ3v) is 5.56. The Bertz CT molecular complexity index is 1130. The van der Waals surface area contributed by atoms with Crippen molar-refractivity contribution in [1.29, 1.82) is 0 Å². The van der Waals surface area contributed by atoms with Crippen LogP contribution in [0, 0.1) is 6.92 Å². The number of carbonyl (C=O) groups is 2. The van der Waals surface area contributed by atoms with Gasteiger partial charge in [0, 0.05) is 23.0 Å². The highest BCUT2D eigenvalue weighted by atomic mass is 32.2. The van der Waals surface area contributed by atoms with Gasteiger partial charge in [0.05, 0.1) is 11.2 Å². The maximum Gasteiger partial charge on any atom is 0.446 e. The second-order valence-corrected chi connectivity index (χ2v) is 7.98. The molecule has 2 aromatic carbocycles. The molecule has 1 fully saturated rings. The number of hydrogen-bond donors (Lipinski definition) is 0. The average molecular weight is 431 g/mol. The van der Waals surface area contributed by atoms with Crippen molar-refractivity contribution in [2.75, 3.05) is 11.4 Å². The third kappa shape index (κ3) is 3.97. The van der Waals surface area contributed by atoms with Crippen molar-refractivity contribution < 1.29 is 22.8 Å². The number of fused-ring (bicyclic) bond motifs is 1. The van der Waals surface area contributed by atoms with Crippen LogP contribution in [-0.4, -0.2) is 33.9 Å². The topological polar surface area (TPSA) is 53.5 Å². The summed E-state index contributed by atoms with van der Waals surface area (Å²) in [4.78, 5) is 32.2. The first-order chi connectivity index (χ1) is 14.2. The van der Waals surface area contributed by atoms with E-state index in [1.807, 2.05) is 31.2 Å². The number of para-hydroxylation sites is 1. The zero-order chi connectivity index (χ0) is 21.5. The second-order valence-electron chi connectivity index (χ2n) is 6.85. The standard InChI is InChI=1S/C21H16F3N3O2S/c1-13-10-25-18-5-3-2-4-16(18)17(13)11-26-12-19(28)27(20(26)29)14-6-8-15(9-7-14)30-21(22,23)24/h2-10H,11-12H2,1H3. The van der Waals surface area contributed by atoms with Crippen LogP contribution in [0.15, 0.2) is 59.6 Å². The van der Waals surface area contributed by atoms with E-state index in [9.17, 15) is 22.8 Å². The zero-order valence-electron chi connectivity index (χ0n) is 15.8. The number of amides is 3. The predicted octanol–water partition coefficient (Wildman–Crippen LogP) is 5.12. The second kappa shape index (κ2) is 7.64. The van der Waals surface area contributed by atoms with E-state index < -0.39 is 17.4 Å². The molecule has 1 saturated heterocycles. The summed E-state index contributed by atoms with van der Waals surface area (Å²) in [5, 5.41) is 0.907. The molecular weight excluding hydrogens is 415 g/mol. The van der Waals surface area contributed by atoms with Crippen molar-refractivity contribution >= 4 is 40.3 Å². The molecule has 0 aliphatic carbocycles. The number of aryl methyl sites for hydroxylation is 1. The molecule has 0 bridgehead atoms. The summed E-state index contributed by atoms with van der Waals surface area (Å²) in [5.41, 5.74) is -1.55. The number of benzene rings is 2. The van der Waals surface area contributed by atoms with Gasteiger partial charge in [0.1, 0.15) is 6.54 Å². The number of carbonyl (C=O) groups excluding carboxylic acids is 2. The van der Waals surface area contributed by atoms with Crippen molar-refractivity contribution in [3.63, 3.8) is 0 Å². The minimum atomic E-state index is -4.40. The van der Waals surface area contributed by atoms with Gasteiger partial charge in [-0.3, -0.25) is 9.78 Å². The Balaban J connectivity index is 1.57. The molecule has 3 amide bonds. The van der Waals surface area contributed by atoms with Gasteiger partial charge in [-0.15, -0.1) is 0 Å². The van der Waals surface area contributed by atoms with Crippen molar-refractivity contribution in [1.82, 2.24) is 9.88 Å². The van der Waals surface area contributed by atoms with Crippen molar-refractivity contribution in [3.05, 3.63) is 65.9 Å². The van der Waals surface area contributed by atoms with E-state index in [0.29, 0.717) is 0 Å². The Morgan fingerprint density at radius 1 is 1.07 bits per heavy atom. The van der Waals surface area contributed by atoms with Gasteiger partial charge in [-0.05, 0) is 60.1 Å². The molecule has 0 spiro atoms. The summed E-state index contributed by atoms with van der Waals surface area (Å²) in [7, 11) is 0. The van der Waals surface area contributed by atoms with Crippen LogP contribution in [0.4, 0.5) is 23.7 Å². The molecule has 0 saturated carbocycles. The quantitative estimate of drug-likeness (QED) is 0.425. The van der Waals surface area contributed by atoms with Gasteiger partial charge >= 0.3 is 11.5 Å². The summed E-state index contributed by atoms with van der Waals surface area (Å²) in [6, 6.07) is 12.2. The third-order valence-electron chi connectivity index (χ3n) is 4.82. The van der Waals surface area contributed by atoms with Crippen LogP contribution >= 0.6 is 11.8 Å². The lowest BCUT2D eigenvalue weighted by molar-refractivity contribution is -0.116. The summed E-state index contributed by atoms with van der Waals surface area (Å²) in [5.74, 6) is -0.424. The van der Waals surface area contributed by atoms with E-state index in [-0.39, 0.29) is 35.4 Å². The number of urea groups is 1. The van der Waals surface area contributed by atoms with E-state index in [2.05, 4.69) is 4.98 Å². The number of nitrogens with zero attached hydrogens (tertiary/aromatic N) is 3. The molecular formula is C21H16F3N3O2S. The highest BCUT2D eigenvalue weighted by molar-refractivity contribution is 8.00. The van der Waals surface area contributed by atoms with Gasteiger partial charge in [0.2, 0.25) is 0 Å². The van der Waals surface area contributed by atoms with Crippen LogP contribution in [0.2, 0.25) is 0 Å². The van der Waals surface area contributed by atoms with Crippen molar-refractivity contribution in [2.24, 2.45) is 0 Å². The number of halogens is 3. The Kier molecular flexibility index (Phi) is 5.15. The first-order valence-corrected chi connectivity index (χ1v) is 9.85. The lowest BCUT2D eigenvalue weighted by Crippen LogP contribution is -2.32. The smallest absolute Gasteiger partial charge is 0.310 e. The molecule has 5 nitrogen and oxygen atoms in total. The van der Waals surface area contributed by atoms with Gasteiger partial charge in [0.25, 0.3) is 5.91 Å². The minimum Gasteiger partial charge on any atom is -0.310 e. The summed E-state index contributed by atoms with van der Waals surface area (Å²) in [6.45, 7) is 2.03. The molecule has 0 radical (unpaired) electrons. The van der Waals surface area contributed by atoms with Crippen LogP contribution in [0.3, 0.4) is 0 Å². The van der Waals surface area contributed by atoms with Crippen LogP contribution < -0.4 is 4.90 Å². The maximum atomic E-state index is 12.9. The molecule has 0 unspecified atom stereocenters. The van der Waals surface area contributed by atoms with Crippen LogP contribution in [0.25, 0.3) is 10.9 Å². The Morgan fingerprint density at radius 2 is 1.77 bits per heavy atom. The number of thioether (sulfide) groups is 1. The maximum absolute atomic E-state index is 12.9. The zero-order valence-corrected chi connectivity index (χ0v) is 16.6. The van der Waals surface area contributed by atoms with Crippen LogP contribution in [0.1, 0.15) is 11.1 Å². The van der Waals surface area contributed by atoms with Crippen LogP contribution in [-0.2, 0) is 11.3 Å². The van der Waals surface area contributed by atoms with Crippen molar-refractivity contribution in [3.8, 4) is 0 Å². The number of alkyl halides is 3. The molecule has 1 aliphatic heterocycles. The normalized spacial score (nSPS) is 14.8. The first-order valence-electron chi connectivity index (χ1n) is 9.04. The summed E-state index contributed by atoms with van der Waals surface area (Å²) >= 11 is -0.246. The first kappa shape index (κ1) is 20.2. The molecule has 2 heterocycles. The summed E-state index contributed by atoms with van der Waals surface area (Å²) in [6.07, 6.45) is 1.73. The van der Waals surface area contributed by atoms with E-state index in [1.54, 1.807) is 6.20 Å². The Hall–Kier alpha value is -3.07. The average Bonchev–Trinajstić information content (AvgIpc) is 2.97. The molecule has 1 aliphatic rings. The van der Waals surface area contributed by atoms with Crippen molar-refractivity contribution in [2.45, 2.75) is 23.9 Å².